The SMILES string of the molecule is COc1ccc(C(=O)N2CCC(c3nn(C)c(=O)n3-c3ccccc3)CC2)c(C)c1. The molecule has 0 N–H and O–H groups in total. The third kappa shape index (κ3) is 3.63. The Morgan fingerprint density at radius 2 is 1.80 bits per heavy atom. The second-order valence-electron chi connectivity index (χ2n) is 7.68. The molecule has 1 saturated heterocycles. The summed E-state index contributed by atoms with van der Waals surface area (Å²) in [5.74, 6) is 1.67. The number of para-hydroxylation sites is 1. The molecule has 0 unspecified atom stereocenters. The predicted octanol–water partition coefficient (Wildman–Crippen LogP) is 2.91. The molecule has 0 atom stereocenters. The number of amides is 1. The number of piperidine rings is 1. The Morgan fingerprint density at radius 1 is 1.10 bits per heavy atom. The van der Waals surface area contributed by atoms with Gasteiger partial charge in [-0.1, -0.05) is 18.2 Å². The zero-order valence-corrected chi connectivity index (χ0v) is 17.5. The standard InChI is InChI=1S/C23H26N4O3/c1-16-15-19(30-3)9-10-20(16)22(28)26-13-11-17(12-14-26)21-24-25(2)23(29)27(21)18-7-5-4-6-8-18/h4-10,15,17H,11-14H2,1-3H3. The number of aromatic nitrogens is 3. The minimum absolute atomic E-state index is 0.0371. The van der Waals surface area contributed by atoms with Crippen molar-refractivity contribution in [3.05, 3.63) is 76.0 Å². The van der Waals surface area contributed by atoms with E-state index >= 15 is 0 Å². The van der Waals surface area contributed by atoms with Crippen LogP contribution >= 0.6 is 0 Å². The van der Waals surface area contributed by atoms with Gasteiger partial charge in [0.05, 0.1) is 12.8 Å². The van der Waals surface area contributed by atoms with Crippen LogP contribution in [0.5, 0.6) is 5.75 Å². The van der Waals surface area contributed by atoms with Gasteiger partial charge in [-0.15, -0.1) is 0 Å². The summed E-state index contributed by atoms with van der Waals surface area (Å²) in [5.41, 5.74) is 2.28. The van der Waals surface area contributed by atoms with Crippen molar-refractivity contribution < 1.29 is 9.53 Å². The van der Waals surface area contributed by atoms with Crippen LogP contribution in [0.2, 0.25) is 0 Å². The number of methoxy groups -OCH3 is 1. The molecule has 0 bridgehead atoms. The first-order valence-corrected chi connectivity index (χ1v) is 10.1. The van der Waals surface area contributed by atoms with Gasteiger partial charge in [0, 0.05) is 31.6 Å². The van der Waals surface area contributed by atoms with Crippen molar-refractivity contribution in [3.63, 3.8) is 0 Å². The van der Waals surface area contributed by atoms with Gasteiger partial charge in [0.15, 0.2) is 0 Å². The summed E-state index contributed by atoms with van der Waals surface area (Å²) in [6.07, 6.45) is 1.54. The molecule has 0 radical (unpaired) electrons. The number of hydrogen-bond acceptors (Lipinski definition) is 4. The van der Waals surface area contributed by atoms with Crippen LogP contribution in [0.25, 0.3) is 5.69 Å². The van der Waals surface area contributed by atoms with E-state index in [9.17, 15) is 9.59 Å². The third-order valence-corrected chi connectivity index (χ3v) is 5.78. The Kier molecular flexibility index (Phi) is 5.44. The van der Waals surface area contributed by atoms with Crippen molar-refractivity contribution in [2.45, 2.75) is 25.7 Å². The van der Waals surface area contributed by atoms with Crippen LogP contribution in [-0.2, 0) is 7.05 Å². The Balaban J connectivity index is 1.53. The Bertz CT molecular complexity index is 1110. The molecule has 7 heteroatoms. The van der Waals surface area contributed by atoms with Crippen molar-refractivity contribution in [1.82, 2.24) is 19.2 Å². The molecule has 0 spiro atoms. The van der Waals surface area contributed by atoms with E-state index in [1.165, 1.54) is 4.68 Å². The lowest BCUT2D eigenvalue weighted by molar-refractivity contribution is 0.0710. The van der Waals surface area contributed by atoms with Gasteiger partial charge >= 0.3 is 5.69 Å². The summed E-state index contributed by atoms with van der Waals surface area (Å²) < 4.78 is 8.32. The van der Waals surface area contributed by atoms with E-state index in [4.69, 9.17) is 4.74 Å². The fourth-order valence-electron chi connectivity index (χ4n) is 4.08. The van der Waals surface area contributed by atoms with Crippen LogP contribution in [0.3, 0.4) is 0 Å². The largest absolute Gasteiger partial charge is 0.497 e. The van der Waals surface area contributed by atoms with E-state index in [1.807, 2.05) is 60.4 Å². The first kappa shape index (κ1) is 19.9. The number of aryl methyl sites for hydroxylation is 2. The molecule has 2 aromatic carbocycles. The number of carbonyl (C=O) groups excluding carboxylic acids is 1. The van der Waals surface area contributed by atoms with Crippen molar-refractivity contribution in [2.24, 2.45) is 7.05 Å². The lowest BCUT2D eigenvalue weighted by atomic mass is 9.95. The highest BCUT2D eigenvalue weighted by Gasteiger charge is 2.29. The number of ether oxygens (including phenoxy) is 1. The highest BCUT2D eigenvalue weighted by atomic mass is 16.5. The monoisotopic (exact) mass is 406 g/mol. The third-order valence-electron chi connectivity index (χ3n) is 5.78. The maximum atomic E-state index is 13.0. The molecule has 1 aromatic heterocycles. The second kappa shape index (κ2) is 8.18. The van der Waals surface area contributed by atoms with Gasteiger partial charge in [-0.05, 0) is 55.7 Å². The van der Waals surface area contributed by atoms with E-state index in [-0.39, 0.29) is 17.5 Å². The summed E-state index contributed by atoms with van der Waals surface area (Å²) in [5, 5.41) is 4.52. The van der Waals surface area contributed by atoms with Gasteiger partial charge in [-0.2, -0.15) is 5.10 Å². The Labute approximate surface area is 175 Å². The maximum Gasteiger partial charge on any atom is 0.350 e. The number of nitrogens with zero attached hydrogens (tertiary/aromatic N) is 4. The lowest BCUT2D eigenvalue weighted by Gasteiger charge is -2.32. The van der Waals surface area contributed by atoms with E-state index in [0.29, 0.717) is 18.7 Å². The van der Waals surface area contributed by atoms with Crippen molar-refractivity contribution >= 4 is 5.91 Å². The molecule has 30 heavy (non-hydrogen) atoms. The molecule has 4 rings (SSSR count). The van der Waals surface area contributed by atoms with Gasteiger partial charge in [0.2, 0.25) is 0 Å². The molecule has 1 amide bonds. The summed E-state index contributed by atoms with van der Waals surface area (Å²) in [6, 6.07) is 15.1. The second-order valence-corrected chi connectivity index (χ2v) is 7.68. The zero-order valence-electron chi connectivity index (χ0n) is 17.5. The fourth-order valence-corrected chi connectivity index (χ4v) is 4.08. The first-order chi connectivity index (χ1) is 14.5. The molecule has 1 fully saturated rings. The van der Waals surface area contributed by atoms with Gasteiger partial charge in [-0.3, -0.25) is 4.79 Å². The normalized spacial score (nSPS) is 14.7. The number of carbonyl (C=O) groups is 1. The predicted molar refractivity (Wildman–Crippen MR) is 114 cm³/mol. The van der Waals surface area contributed by atoms with E-state index in [2.05, 4.69) is 5.10 Å². The quantitative estimate of drug-likeness (QED) is 0.668. The molecule has 2 heterocycles. The Hall–Kier alpha value is -3.35. The van der Waals surface area contributed by atoms with Gasteiger partial charge in [0.25, 0.3) is 5.91 Å². The molecular weight excluding hydrogens is 380 g/mol. The Morgan fingerprint density at radius 3 is 2.43 bits per heavy atom. The van der Waals surface area contributed by atoms with E-state index in [0.717, 1.165) is 35.7 Å². The molecule has 0 saturated carbocycles. The van der Waals surface area contributed by atoms with Crippen molar-refractivity contribution in [2.75, 3.05) is 20.2 Å². The molecule has 0 aliphatic carbocycles. The van der Waals surface area contributed by atoms with Crippen LogP contribution in [0, 0.1) is 6.92 Å². The minimum atomic E-state index is -0.149. The highest BCUT2D eigenvalue weighted by Crippen LogP contribution is 2.29. The molecule has 7 nitrogen and oxygen atoms in total. The molecule has 3 aromatic rings. The summed E-state index contributed by atoms with van der Waals surface area (Å²) in [6.45, 7) is 3.19. The van der Waals surface area contributed by atoms with Crippen LogP contribution in [0.15, 0.2) is 53.3 Å². The molecular formula is C23H26N4O3. The maximum absolute atomic E-state index is 13.0. The number of likely N-dealkylation sites (tertiary alicyclic amines) is 1. The molecule has 1 aliphatic rings. The van der Waals surface area contributed by atoms with E-state index in [1.54, 1.807) is 18.7 Å². The zero-order chi connectivity index (χ0) is 21.3. The smallest absolute Gasteiger partial charge is 0.350 e. The van der Waals surface area contributed by atoms with E-state index < -0.39 is 0 Å². The van der Waals surface area contributed by atoms with Crippen molar-refractivity contribution in [1.29, 1.82) is 0 Å². The van der Waals surface area contributed by atoms with Gasteiger partial charge < -0.3 is 9.64 Å². The van der Waals surface area contributed by atoms with Gasteiger partial charge in [-0.25, -0.2) is 14.0 Å². The van der Waals surface area contributed by atoms with Crippen LogP contribution in [-0.4, -0.2) is 45.4 Å². The highest BCUT2D eigenvalue weighted by molar-refractivity contribution is 5.95. The fraction of sp³-hybridized carbons (Fsp3) is 0.348. The van der Waals surface area contributed by atoms with Crippen LogP contribution < -0.4 is 10.4 Å². The van der Waals surface area contributed by atoms with Crippen molar-refractivity contribution in [3.8, 4) is 11.4 Å². The average Bonchev–Trinajstić information content (AvgIpc) is 3.08. The number of benzene rings is 2. The minimum Gasteiger partial charge on any atom is -0.497 e. The first-order valence-electron chi connectivity index (χ1n) is 10.1. The van der Waals surface area contributed by atoms with Crippen LogP contribution in [0.4, 0.5) is 0 Å². The van der Waals surface area contributed by atoms with Gasteiger partial charge in [0.1, 0.15) is 11.6 Å². The van der Waals surface area contributed by atoms with Crippen LogP contribution in [0.1, 0.15) is 40.5 Å². The number of hydrogen-bond donors (Lipinski definition) is 0. The summed E-state index contributed by atoms with van der Waals surface area (Å²) >= 11 is 0. The lowest BCUT2D eigenvalue weighted by Crippen LogP contribution is -2.38. The molecule has 156 valence electrons. The topological polar surface area (TPSA) is 69.4 Å². The number of rotatable bonds is 4. The molecule has 1 aliphatic heterocycles. The average molecular weight is 406 g/mol. The summed E-state index contributed by atoms with van der Waals surface area (Å²) in [4.78, 5) is 27.6. The summed E-state index contributed by atoms with van der Waals surface area (Å²) in [7, 11) is 3.30.